The van der Waals surface area contributed by atoms with Crippen molar-refractivity contribution in [3.8, 4) is 22.3 Å². The second kappa shape index (κ2) is 10.4. The van der Waals surface area contributed by atoms with E-state index in [2.05, 4.69) is 175 Å². The lowest BCUT2D eigenvalue weighted by Gasteiger charge is -2.11. The Bertz CT molecular complexity index is 2710. The summed E-state index contributed by atoms with van der Waals surface area (Å²) in [4.78, 5) is 3.68. The molecule has 0 radical (unpaired) electrons. The molecule has 0 aliphatic heterocycles. The van der Waals surface area contributed by atoms with Gasteiger partial charge in [-0.3, -0.25) is 0 Å². The van der Waals surface area contributed by atoms with Crippen LogP contribution in [0.25, 0.3) is 93.1 Å². The molecule has 218 valence electrons. The maximum Gasteiger partial charge on any atom is 0.0541 e. The first kappa shape index (κ1) is 26.5. The molecule has 1 N–H and O–H groups in total. The first-order valence-corrected chi connectivity index (χ1v) is 16.0. The second-order valence-corrected chi connectivity index (χ2v) is 12.1. The highest BCUT2D eigenvalue weighted by Gasteiger charge is 2.15. The zero-order valence-electron chi connectivity index (χ0n) is 25.9. The van der Waals surface area contributed by atoms with Gasteiger partial charge in [-0.15, -0.1) is 0 Å². The van der Waals surface area contributed by atoms with E-state index in [4.69, 9.17) is 0 Å². The Morgan fingerprint density at radius 2 is 1.15 bits per heavy atom. The van der Waals surface area contributed by atoms with Crippen LogP contribution in [-0.2, 0) is 0 Å². The summed E-state index contributed by atoms with van der Waals surface area (Å²) < 4.78 is 2.37. The number of hydrogen-bond donors (Lipinski definition) is 1. The number of benzene rings is 7. The van der Waals surface area contributed by atoms with Gasteiger partial charge < -0.3 is 9.55 Å². The Morgan fingerprint density at radius 1 is 0.522 bits per heavy atom. The van der Waals surface area contributed by atoms with Gasteiger partial charge in [-0.1, -0.05) is 103 Å². The lowest BCUT2D eigenvalue weighted by atomic mass is 9.93. The molecule has 0 saturated heterocycles. The molecule has 0 bridgehead atoms. The molecular weight excluding hydrogens is 556 g/mol. The van der Waals surface area contributed by atoms with E-state index >= 15 is 0 Å². The van der Waals surface area contributed by atoms with E-state index in [-0.39, 0.29) is 0 Å². The SMILES string of the molecule is C/C=C\C(=C/C)n1c2ccccc2c2cc(-c3ccc4cc(-c5cc6[nH]c7ccccc7c6c6ccccc56)ccc4c3)ccc21. The lowest BCUT2D eigenvalue weighted by Crippen LogP contribution is -1.94. The fraction of sp³-hybridized carbons (Fsp3) is 0.0455. The maximum absolute atomic E-state index is 3.68. The highest BCUT2D eigenvalue weighted by molar-refractivity contribution is 6.23. The summed E-state index contributed by atoms with van der Waals surface area (Å²) in [6.07, 6.45) is 6.46. The largest absolute Gasteiger partial charge is 0.354 e. The molecule has 0 fully saturated rings. The number of nitrogens with one attached hydrogen (secondary N) is 1. The van der Waals surface area contributed by atoms with Gasteiger partial charge in [-0.2, -0.15) is 0 Å². The van der Waals surface area contributed by atoms with E-state index in [1.165, 1.54) is 93.1 Å². The molecule has 0 spiro atoms. The number of nitrogens with zero attached hydrogens (tertiary/aromatic N) is 1. The van der Waals surface area contributed by atoms with Gasteiger partial charge in [-0.05, 0) is 106 Å². The quantitative estimate of drug-likeness (QED) is 0.197. The summed E-state index contributed by atoms with van der Waals surface area (Å²) in [6, 6.07) is 49.1. The van der Waals surface area contributed by atoms with Gasteiger partial charge in [0.25, 0.3) is 0 Å². The Labute approximate surface area is 267 Å². The summed E-state index contributed by atoms with van der Waals surface area (Å²) in [6.45, 7) is 4.18. The van der Waals surface area contributed by atoms with Crippen molar-refractivity contribution in [3.05, 3.63) is 152 Å². The molecule has 0 atom stereocenters. The maximum atomic E-state index is 3.68. The highest BCUT2D eigenvalue weighted by Crippen LogP contribution is 2.40. The average molecular weight is 589 g/mol. The summed E-state index contributed by atoms with van der Waals surface area (Å²) in [7, 11) is 0. The number of allylic oxidation sites excluding steroid dienone is 4. The zero-order chi connectivity index (χ0) is 30.8. The number of aromatic nitrogens is 2. The molecule has 0 unspecified atom stereocenters. The molecule has 0 saturated carbocycles. The van der Waals surface area contributed by atoms with Crippen molar-refractivity contribution in [2.45, 2.75) is 13.8 Å². The monoisotopic (exact) mass is 588 g/mol. The van der Waals surface area contributed by atoms with Crippen molar-refractivity contribution in [1.82, 2.24) is 9.55 Å². The van der Waals surface area contributed by atoms with Crippen LogP contribution in [0.1, 0.15) is 13.8 Å². The summed E-state index contributed by atoms with van der Waals surface area (Å²) in [5, 5.41) is 10.1. The Hall–Kier alpha value is -5.86. The second-order valence-electron chi connectivity index (χ2n) is 12.1. The van der Waals surface area contributed by atoms with E-state index < -0.39 is 0 Å². The van der Waals surface area contributed by atoms with Crippen molar-refractivity contribution in [2.24, 2.45) is 0 Å². The van der Waals surface area contributed by atoms with E-state index in [1.807, 2.05) is 0 Å². The van der Waals surface area contributed by atoms with E-state index in [0.29, 0.717) is 0 Å². The van der Waals surface area contributed by atoms with Crippen LogP contribution in [0.4, 0.5) is 0 Å². The summed E-state index contributed by atoms with van der Waals surface area (Å²) >= 11 is 0. The van der Waals surface area contributed by atoms with E-state index in [9.17, 15) is 0 Å². The fourth-order valence-corrected chi connectivity index (χ4v) is 7.45. The van der Waals surface area contributed by atoms with Crippen LogP contribution in [0.2, 0.25) is 0 Å². The third-order valence-corrected chi connectivity index (χ3v) is 9.56. The van der Waals surface area contributed by atoms with Crippen molar-refractivity contribution < 1.29 is 0 Å². The van der Waals surface area contributed by atoms with Gasteiger partial charge in [0, 0.05) is 38.3 Å². The van der Waals surface area contributed by atoms with Crippen molar-refractivity contribution in [2.75, 3.05) is 0 Å². The molecule has 0 aliphatic rings. The zero-order valence-corrected chi connectivity index (χ0v) is 25.9. The molecule has 2 heteroatoms. The molecule has 2 nitrogen and oxygen atoms in total. The van der Waals surface area contributed by atoms with E-state index in [0.717, 1.165) is 0 Å². The summed E-state index contributed by atoms with van der Waals surface area (Å²) in [5.41, 5.74) is 10.9. The smallest absolute Gasteiger partial charge is 0.0541 e. The van der Waals surface area contributed by atoms with Crippen LogP contribution < -0.4 is 0 Å². The minimum absolute atomic E-state index is 1.17. The molecule has 7 aromatic carbocycles. The molecule has 46 heavy (non-hydrogen) atoms. The van der Waals surface area contributed by atoms with Crippen LogP contribution in [0.5, 0.6) is 0 Å². The van der Waals surface area contributed by atoms with Gasteiger partial charge in [0.15, 0.2) is 0 Å². The van der Waals surface area contributed by atoms with Crippen LogP contribution >= 0.6 is 0 Å². The fourth-order valence-electron chi connectivity index (χ4n) is 7.45. The third kappa shape index (κ3) is 3.97. The molecule has 2 heterocycles. The number of hydrogen-bond acceptors (Lipinski definition) is 0. The number of para-hydroxylation sites is 2. The van der Waals surface area contributed by atoms with Crippen molar-refractivity contribution in [1.29, 1.82) is 0 Å². The van der Waals surface area contributed by atoms with Crippen LogP contribution in [0.15, 0.2) is 152 Å². The standard InChI is InChI=1S/C44H32N2/c1-3-11-33(4-2)46-42-17-10-8-13-35(42)39-26-31(22-23-43(39)46)29-18-19-30-25-32(21-20-28(30)24-29)38-27-41-44(36-14-6-5-12-34(36)38)37-15-7-9-16-40(37)45-41/h3-27,45H,1-2H3/b11-3-,33-4+. The average Bonchev–Trinajstić information content (AvgIpc) is 3.65. The van der Waals surface area contributed by atoms with Crippen molar-refractivity contribution >= 4 is 70.9 Å². The molecule has 9 aromatic rings. The van der Waals surface area contributed by atoms with Gasteiger partial charge in [-0.25, -0.2) is 0 Å². The molecular formula is C44H32N2. The minimum Gasteiger partial charge on any atom is -0.354 e. The minimum atomic E-state index is 1.17. The number of aromatic amines is 1. The predicted molar refractivity (Wildman–Crippen MR) is 199 cm³/mol. The van der Waals surface area contributed by atoms with E-state index in [1.54, 1.807) is 0 Å². The van der Waals surface area contributed by atoms with Crippen molar-refractivity contribution in [3.63, 3.8) is 0 Å². The van der Waals surface area contributed by atoms with Gasteiger partial charge in [0.2, 0.25) is 0 Å². The van der Waals surface area contributed by atoms with Crippen LogP contribution in [-0.4, -0.2) is 9.55 Å². The number of rotatable bonds is 4. The Morgan fingerprint density at radius 3 is 1.96 bits per heavy atom. The Kier molecular flexibility index (Phi) is 5.97. The summed E-state index contributed by atoms with van der Waals surface area (Å²) in [5.74, 6) is 0. The molecule has 9 rings (SSSR count). The van der Waals surface area contributed by atoms with Gasteiger partial charge in [0.05, 0.1) is 11.0 Å². The van der Waals surface area contributed by atoms with Crippen LogP contribution in [0.3, 0.4) is 0 Å². The molecule has 0 aliphatic carbocycles. The molecule has 2 aromatic heterocycles. The normalized spacial score (nSPS) is 12.6. The van der Waals surface area contributed by atoms with Crippen LogP contribution in [0, 0.1) is 0 Å². The first-order chi connectivity index (χ1) is 22.7. The number of fused-ring (bicyclic) bond motifs is 9. The van der Waals surface area contributed by atoms with Gasteiger partial charge >= 0.3 is 0 Å². The molecule has 0 amide bonds. The lowest BCUT2D eigenvalue weighted by molar-refractivity contribution is 1.23. The predicted octanol–water partition coefficient (Wildman–Crippen LogP) is 12.5. The number of H-pyrrole nitrogens is 1. The Balaban J connectivity index is 1.17. The topological polar surface area (TPSA) is 20.7 Å². The third-order valence-electron chi connectivity index (χ3n) is 9.56. The van der Waals surface area contributed by atoms with Gasteiger partial charge in [0.1, 0.15) is 0 Å². The highest BCUT2D eigenvalue weighted by atomic mass is 15.0. The first-order valence-electron chi connectivity index (χ1n) is 16.0.